The molecule has 2 rings (SSSR count). The molecule has 1 N–H and O–H groups in total. The van der Waals surface area contributed by atoms with Gasteiger partial charge in [0.25, 0.3) is 0 Å². The van der Waals surface area contributed by atoms with Gasteiger partial charge in [-0.15, -0.1) is 10.2 Å². The predicted molar refractivity (Wildman–Crippen MR) is 69.1 cm³/mol. The van der Waals surface area contributed by atoms with Crippen LogP contribution in [-0.2, 0) is 19.5 Å². The summed E-state index contributed by atoms with van der Waals surface area (Å²) in [6.07, 6.45) is 4.29. The molecule has 0 bridgehead atoms. The lowest BCUT2D eigenvalue weighted by Gasteiger charge is -2.19. The van der Waals surface area contributed by atoms with Crippen molar-refractivity contribution in [3.63, 3.8) is 0 Å². The van der Waals surface area contributed by atoms with Crippen molar-refractivity contribution in [2.45, 2.75) is 26.4 Å². The number of aryl methyl sites for hydroxylation is 1. The van der Waals surface area contributed by atoms with Crippen molar-refractivity contribution in [3.05, 3.63) is 41.9 Å². The summed E-state index contributed by atoms with van der Waals surface area (Å²) in [6, 6.07) is 3.90. The number of aromatic nitrogens is 3. The average molecular weight is 262 g/mol. The smallest absolute Gasteiger partial charge is 0.230 e. The lowest BCUT2D eigenvalue weighted by Crippen LogP contribution is -2.26. The number of pyridine rings is 1. The third-order valence-corrected chi connectivity index (χ3v) is 2.72. The van der Waals surface area contributed by atoms with Crippen LogP contribution in [0.1, 0.15) is 24.3 Å². The van der Waals surface area contributed by atoms with Crippen molar-refractivity contribution in [2.24, 2.45) is 0 Å². The fraction of sp³-hybridized carbons (Fsp3) is 0.462. The zero-order valence-corrected chi connectivity index (χ0v) is 11.0. The molecule has 0 spiro atoms. The van der Waals surface area contributed by atoms with Gasteiger partial charge in [-0.3, -0.25) is 9.88 Å². The van der Waals surface area contributed by atoms with Crippen molar-refractivity contribution in [3.8, 4) is 0 Å². The van der Waals surface area contributed by atoms with Crippen LogP contribution in [0.25, 0.3) is 0 Å². The standard InChI is InChI=1S/C13H18N4O2/c1-2-12-15-16-13(19-12)10-17(6-7-18)9-11-4-3-5-14-8-11/h3-5,8,18H,2,6-7,9-10H2,1H3. The van der Waals surface area contributed by atoms with Crippen LogP contribution in [0.2, 0.25) is 0 Å². The van der Waals surface area contributed by atoms with E-state index < -0.39 is 0 Å². The molecule has 2 heterocycles. The molecule has 0 unspecified atom stereocenters. The van der Waals surface area contributed by atoms with E-state index in [9.17, 15) is 0 Å². The second kappa shape index (κ2) is 6.96. The SMILES string of the molecule is CCc1nnc(CN(CCO)Cc2cccnc2)o1. The maximum absolute atomic E-state index is 9.12. The summed E-state index contributed by atoms with van der Waals surface area (Å²) < 4.78 is 5.49. The van der Waals surface area contributed by atoms with Gasteiger partial charge in [-0.05, 0) is 11.6 Å². The summed E-state index contributed by atoms with van der Waals surface area (Å²) in [5, 5.41) is 17.1. The summed E-state index contributed by atoms with van der Waals surface area (Å²) in [4.78, 5) is 6.13. The maximum atomic E-state index is 9.12. The fourth-order valence-corrected chi connectivity index (χ4v) is 1.79. The van der Waals surface area contributed by atoms with Gasteiger partial charge in [0.15, 0.2) is 0 Å². The van der Waals surface area contributed by atoms with Crippen LogP contribution in [0.15, 0.2) is 28.9 Å². The summed E-state index contributed by atoms with van der Waals surface area (Å²) in [7, 11) is 0. The van der Waals surface area contributed by atoms with E-state index in [1.165, 1.54) is 0 Å². The first-order valence-corrected chi connectivity index (χ1v) is 6.35. The van der Waals surface area contributed by atoms with Gasteiger partial charge in [-0.2, -0.15) is 0 Å². The minimum absolute atomic E-state index is 0.0923. The molecular formula is C13H18N4O2. The van der Waals surface area contributed by atoms with Gasteiger partial charge >= 0.3 is 0 Å². The van der Waals surface area contributed by atoms with Gasteiger partial charge in [0, 0.05) is 31.9 Å². The van der Waals surface area contributed by atoms with Crippen molar-refractivity contribution < 1.29 is 9.52 Å². The molecule has 0 aromatic carbocycles. The number of nitrogens with zero attached hydrogens (tertiary/aromatic N) is 4. The Hall–Kier alpha value is -1.79. The molecule has 0 saturated heterocycles. The van der Waals surface area contributed by atoms with E-state index in [0.717, 1.165) is 12.0 Å². The summed E-state index contributed by atoms with van der Waals surface area (Å²) in [5.41, 5.74) is 1.09. The lowest BCUT2D eigenvalue weighted by atomic mass is 10.2. The van der Waals surface area contributed by atoms with Crippen LogP contribution < -0.4 is 0 Å². The number of aliphatic hydroxyl groups is 1. The van der Waals surface area contributed by atoms with E-state index >= 15 is 0 Å². The quantitative estimate of drug-likeness (QED) is 0.803. The lowest BCUT2D eigenvalue weighted by molar-refractivity contribution is 0.171. The Morgan fingerprint density at radius 1 is 1.26 bits per heavy atom. The zero-order chi connectivity index (χ0) is 13.5. The normalized spacial score (nSPS) is 11.1. The minimum atomic E-state index is 0.0923. The Morgan fingerprint density at radius 3 is 2.74 bits per heavy atom. The molecule has 0 aliphatic carbocycles. The van der Waals surface area contributed by atoms with Crippen LogP contribution in [0.4, 0.5) is 0 Å². The minimum Gasteiger partial charge on any atom is -0.424 e. The van der Waals surface area contributed by atoms with Crippen LogP contribution in [0, 0.1) is 0 Å². The van der Waals surface area contributed by atoms with E-state index in [2.05, 4.69) is 15.2 Å². The van der Waals surface area contributed by atoms with Crippen molar-refractivity contribution in [2.75, 3.05) is 13.2 Å². The van der Waals surface area contributed by atoms with Crippen molar-refractivity contribution in [1.29, 1.82) is 0 Å². The van der Waals surface area contributed by atoms with E-state index in [1.807, 2.05) is 30.2 Å². The molecule has 2 aromatic rings. The van der Waals surface area contributed by atoms with Gasteiger partial charge in [0.2, 0.25) is 11.8 Å². The average Bonchev–Trinajstić information content (AvgIpc) is 2.88. The highest BCUT2D eigenvalue weighted by atomic mass is 16.4. The molecule has 19 heavy (non-hydrogen) atoms. The molecular weight excluding hydrogens is 244 g/mol. The highest BCUT2D eigenvalue weighted by Crippen LogP contribution is 2.08. The predicted octanol–water partition coefficient (Wildman–Crippen LogP) is 1.02. The van der Waals surface area contributed by atoms with Gasteiger partial charge < -0.3 is 9.52 Å². The number of hydrogen-bond acceptors (Lipinski definition) is 6. The van der Waals surface area contributed by atoms with E-state index in [-0.39, 0.29) is 6.61 Å². The van der Waals surface area contributed by atoms with Gasteiger partial charge in [0.1, 0.15) is 0 Å². The molecule has 0 atom stereocenters. The largest absolute Gasteiger partial charge is 0.424 e. The molecule has 0 aliphatic rings. The maximum Gasteiger partial charge on any atom is 0.230 e. The molecule has 0 radical (unpaired) electrons. The van der Waals surface area contributed by atoms with E-state index in [0.29, 0.717) is 31.4 Å². The molecule has 6 heteroatoms. The fourth-order valence-electron chi connectivity index (χ4n) is 1.79. The number of rotatable bonds is 7. The van der Waals surface area contributed by atoms with Gasteiger partial charge in [-0.25, -0.2) is 0 Å². The van der Waals surface area contributed by atoms with E-state index in [4.69, 9.17) is 9.52 Å². The summed E-state index contributed by atoms with van der Waals surface area (Å²) in [5.74, 6) is 1.22. The zero-order valence-electron chi connectivity index (χ0n) is 11.0. The summed E-state index contributed by atoms with van der Waals surface area (Å²) >= 11 is 0. The molecule has 0 amide bonds. The topological polar surface area (TPSA) is 75.3 Å². The summed E-state index contributed by atoms with van der Waals surface area (Å²) in [6.45, 7) is 3.84. The Labute approximate surface area is 112 Å². The second-order valence-corrected chi connectivity index (χ2v) is 4.24. The van der Waals surface area contributed by atoms with Crippen molar-refractivity contribution in [1.82, 2.24) is 20.1 Å². The monoisotopic (exact) mass is 262 g/mol. The third kappa shape index (κ3) is 4.11. The van der Waals surface area contributed by atoms with Crippen LogP contribution in [0.5, 0.6) is 0 Å². The first-order valence-electron chi connectivity index (χ1n) is 6.35. The molecule has 6 nitrogen and oxygen atoms in total. The molecule has 102 valence electrons. The van der Waals surface area contributed by atoms with Crippen LogP contribution in [0.3, 0.4) is 0 Å². The second-order valence-electron chi connectivity index (χ2n) is 4.24. The molecule has 0 aliphatic heterocycles. The van der Waals surface area contributed by atoms with Crippen LogP contribution >= 0.6 is 0 Å². The van der Waals surface area contributed by atoms with Gasteiger partial charge in [-0.1, -0.05) is 13.0 Å². The highest BCUT2D eigenvalue weighted by Gasteiger charge is 2.11. The molecule has 0 saturated carbocycles. The molecule has 0 fully saturated rings. The number of aliphatic hydroxyl groups excluding tert-OH is 1. The Kier molecular flexibility index (Phi) is 5.00. The Balaban J connectivity index is 1.99. The highest BCUT2D eigenvalue weighted by molar-refractivity contribution is 5.08. The first-order chi connectivity index (χ1) is 9.31. The Bertz CT molecular complexity index is 486. The van der Waals surface area contributed by atoms with Crippen molar-refractivity contribution >= 4 is 0 Å². The Morgan fingerprint density at radius 2 is 2.11 bits per heavy atom. The van der Waals surface area contributed by atoms with E-state index in [1.54, 1.807) is 6.20 Å². The first kappa shape index (κ1) is 13.6. The molecule has 2 aromatic heterocycles. The number of hydrogen-bond donors (Lipinski definition) is 1. The van der Waals surface area contributed by atoms with Gasteiger partial charge in [0.05, 0.1) is 13.2 Å². The van der Waals surface area contributed by atoms with Crippen LogP contribution in [-0.4, -0.2) is 38.3 Å². The third-order valence-electron chi connectivity index (χ3n) is 2.72.